The molecule has 2 rings (SSSR count). The Morgan fingerprint density at radius 1 is 1.30 bits per heavy atom. The van der Waals surface area contributed by atoms with Gasteiger partial charge in [-0.3, -0.25) is 4.99 Å². The minimum atomic E-state index is 0. The van der Waals surface area contributed by atoms with E-state index in [-0.39, 0.29) is 24.0 Å². The summed E-state index contributed by atoms with van der Waals surface area (Å²) in [5, 5.41) is 4.49. The van der Waals surface area contributed by atoms with Gasteiger partial charge in [-0.05, 0) is 42.9 Å². The molecule has 0 unspecified atom stereocenters. The number of nitrogens with two attached hydrogens (primary N) is 1. The number of guanidine groups is 1. The standard InChI is InChI=1S/C14H19Cl2N3.HI/c15-12-5-2-6-13(16)11(12)7-8-18-14(17)19-9-10-3-1-4-10;/h2,5-6,10H,1,3-4,7-9H2,(H3,17,18,19);1H. The summed E-state index contributed by atoms with van der Waals surface area (Å²) in [5.74, 6) is 1.24. The van der Waals surface area contributed by atoms with Crippen molar-refractivity contribution in [3.8, 4) is 0 Å². The highest BCUT2D eigenvalue weighted by Crippen LogP contribution is 2.26. The fourth-order valence-corrected chi connectivity index (χ4v) is 2.63. The molecule has 20 heavy (non-hydrogen) atoms. The zero-order valence-electron chi connectivity index (χ0n) is 11.2. The number of benzene rings is 1. The molecule has 1 aliphatic carbocycles. The molecule has 0 aromatic heterocycles. The van der Waals surface area contributed by atoms with Crippen molar-refractivity contribution >= 4 is 53.1 Å². The molecule has 1 saturated carbocycles. The van der Waals surface area contributed by atoms with E-state index in [1.54, 1.807) is 0 Å². The van der Waals surface area contributed by atoms with Gasteiger partial charge < -0.3 is 11.1 Å². The van der Waals surface area contributed by atoms with E-state index in [1.807, 2.05) is 18.2 Å². The minimum absolute atomic E-state index is 0. The Morgan fingerprint density at radius 2 is 1.95 bits per heavy atom. The number of nitrogens with one attached hydrogen (secondary N) is 1. The molecule has 0 saturated heterocycles. The number of halogens is 3. The van der Waals surface area contributed by atoms with Crippen molar-refractivity contribution in [1.29, 1.82) is 0 Å². The highest BCUT2D eigenvalue weighted by Gasteiger charge is 2.16. The van der Waals surface area contributed by atoms with Gasteiger partial charge in [0.25, 0.3) is 0 Å². The molecule has 1 aromatic carbocycles. The largest absolute Gasteiger partial charge is 0.370 e. The van der Waals surface area contributed by atoms with E-state index in [4.69, 9.17) is 28.9 Å². The molecule has 0 heterocycles. The first-order valence-corrected chi connectivity index (χ1v) is 7.39. The van der Waals surface area contributed by atoms with Crippen molar-refractivity contribution in [2.75, 3.05) is 13.1 Å². The SMILES string of the molecule is I.NC(=NCC1CCC1)NCCc1c(Cl)cccc1Cl. The number of hydrogen-bond acceptors (Lipinski definition) is 1. The third-order valence-electron chi connectivity index (χ3n) is 3.49. The van der Waals surface area contributed by atoms with Crippen molar-refractivity contribution in [1.82, 2.24) is 5.32 Å². The lowest BCUT2D eigenvalue weighted by molar-refractivity contribution is 0.326. The molecule has 0 atom stereocenters. The fourth-order valence-electron chi connectivity index (χ4n) is 2.05. The first-order chi connectivity index (χ1) is 9.16. The lowest BCUT2D eigenvalue weighted by Crippen LogP contribution is -2.34. The van der Waals surface area contributed by atoms with E-state index in [2.05, 4.69) is 10.3 Å². The Bertz CT molecular complexity index is 441. The monoisotopic (exact) mass is 427 g/mol. The van der Waals surface area contributed by atoms with Gasteiger partial charge in [0.15, 0.2) is 5.96 Å². The maximum Gasteiger partial charge on any atom is 0.188 e. The van der Waals surface area contributed by atoms with Crippen LogP contribution >= 0.6 is 47.2 Å². The Kier molecular flexibility index (Phi) is 7.99. The van der Waals surface area contributed by atoms with Gasteiger partial charge in [-0.2, -0.15) is 0 Å². The Labute approximate surface area is 147 Å². The highest BCUT2D eigenvalue weighted by molar-refractivity contribution is 14.0. The molecular weight excluding hydrogens is 408 g/mol. The van der Waals surface area contributed by atoms with Crippen LogP contribution in [-0.4, -0.2) is 19.0 Å². The van der Waals surface area contributed by atoms with E-state index in [0.717, 1.165) is 24.4 Å². The predicted octanol–water partition coefficient (Wildman–Crippen LogP) is 3.86. The summed E-state index contributed by atoms with van der Waals surface area (Å²) in [6.45, 7) is 1.52. The first-order valence-electron chi connectivity index (χ1n) is 6.63. The van der Waals surface area contributed by atoms with Crippen LogP contribution in [0.2, 0.25) is 10.0 Å². The summed E-state index contributed by atoms with van der Waals surface area (Å²) in [5.41, 5.74) is 6.76. The van der Waals surface area contributed by atoms with Gasteiger partial charge in [0, 0.05) is 23.1 Å². The van der Waals surface area contributed by atoms with Crippen LogP contribution < -0.4 is 11.1 Å². The average molecular weight is 428 g/mol. The minimum Gasteiger partial charge on any atom is -0.370 e. The molecule has 0 aliphatic heterocycles. The maximum atomic E-state index is 6.10. The van der Waals surface area contributed by atoms with Gasteiger partial charge in [0.1, 0.15) is 0 Å². The van der Waals surface area contributed by atoms with Crippen LogP contribution in [0.4, 0.5) is 0 Å². The van der Waals surface area contributed by atoms with Crippen molar-refractivity contribution in [2.45, 2.75) is 25.7 Å². The van der Waals surface area contributed by atoms with Gasteiger partial charge in [-0.15, -0.1) is 24.0 Å². The second-order valence-electron chi connectivity index (χ2n) is 4.90. The molecule has 0 bridgehead atoms. The van der Waals surface area contributed by atoms with Gasteiger partial charge in [0.05, 0.1) is 0 Å². The van der Waals surface area contributed by atoms with E-state index >= 15 is 0 Å². The van der Waals surface area contributed by atoms with Gasteiger partial charge in [-0.1, -0.05) is 35.7 Å². The normalized spacial score (nSPS) is 15.4. The van der Waals surface area contributed by atoms with Crippen LogP contribution in [-0.2, 0) is 6.42 Å². The number of rotatable bonds is 5. The van der Waals surface area contributed by atoms with Gasteiger partial charge in [0.2, 0.25) is 0 Å². The summed E-state index contributed by atoms with van der Waals surface area (Å²) in [6.07, 6.45) is 4.63. The fraction of sp³-hybridized carbons (Fsp3) is 0.500. The molecule has 0 amide bonds. The summed E-state index contributed by atoms with van der Waals surface area (Å²) in [6, 6.07) is 5.53. The molecule has 1 aliphatic rings. The molecule has 0 radical (unpaired) electrons. The van der Waals surface area contributed by atoms with Crippen LogP contribution in [0.3, 0.4) is 0 Å². The molecule has 1 fully saturated rings. The summed E-state index contributed by atoms with van der Waals surface area (Å²) in [4.78, 5) is 4.34. The van der Waals surface area contributed by atoms with Crippen LogP contribution in [0.1, 0.15) is 24.8 Å². The predicted molar refractivity (Wildman–Crippen MR) is 97.4 cm³/mol. The van der Waals surface area contributed by atoms with Crippen LogP contribution in [0.15, 0.2) is 23.2 Å². The number of hydrogen-bond donors (Lipinski definition) is 2. The van der Waals surface area contributed by atoms with E-state index in [0.29, 0.717) is 22.5 Å². The van der Waals surface area contributed by atoms with Crippen molar-refractivity contribution in [3.63, 3.8) is 0 Å². The highest BCUT2D eigenvalue weighted by atomic mass is 127. The molecule has 0 spiro atoms. The summed E-state index contributed by atoms with van der Waals surface area (Å²) < 4.78 is 0. The summed E-state index contributed by atoms with van der Waals surface area (Å²) in [7, 11) is 0. The van der Waals surface area contributed by atoms with E-state index in [9.17, 15) is 0 Å². The zero-order valence-corrected chi connectivity index (χ0v) is 15.1. The second-order valence-corrected chi connectivity index (χ2v) is 5.71. The third-order valence-corrected chi connectivity index (χ3v) is 4.20. The van der Waals surface area contributed by atoms with Crippen LogP contribution in [0.5, 0.6) is 0 Å². The lowest BCUT2D eigenvalue weighted by atomic mass is 9.86. The van der Waals surface area contributed by atoms with Crippen LogP contribution in [0.25, 0.3) is 0 Å². The van der Waals surface area contributed by atoms with Gasteiger partial charge in [-0.25, -0.2) is 0 Å². The first kappa shape index (κ1) is 17.9. The molecule has 6 heteroatoms. The van der Waals surface area contributed by atoms with Gasteiger partial charge >= 0.3 is 0 Å². The topological polar surface area (TPSA) is 50.4 Å². The molecule has 112 valence electrons. The third kappa shape index (κ3) is 5.30. The average Bonchev–Trinajstić information content (AvgIpc) is 2.31. The van der Waals surface area contributed by atoms with Crippen molar-refractivity contribution in [3.05, 3.63) is 33.8 Å². The maximum absolute atomic E-state index is 6.10. The molecule has 1 aromatic rings. The molecule has 3 N–H and O–H groups in total. The second kappa shape index (κ2) is 8.95. The number of nitrogens with zero attached hydrogens (tertiary/aromatic N) is 1. The van der Waals surface area contributed by atoms with Crippen molar-refractivity contribution < 1.29 is 0 Å². The smallest absolute Gasteiger partial charge is 0.188 e. The Balaban J connectivity index is 0.00000200. The summed E-state index contributed by atoms with van der Waals surface area (Å²) >= 11 is 12.2. The van der Waals surface area contributed by atoms with Crippen molar-refractivity contribution in [2.24, 2.45) is 16.6 Å². The molecule has 3 nitrogen and oxygen atoms in total. The Morgan fingerprint density at radius 3 is 2.50 bits per heavy atom. The Hall–Kier alpha value is -0.200. The van der Waals surface area contributed by atoms with E-state index in [1.165, 1.54) is 19.3 Å². The lowest BCUT2D eigenvalue weighted by Gasteiger charge is -2.23. The molecular formula is C14H20Cl2IN3. The number of aliphatic imine (C=N–C) groups is 1. The van der Waals surface area contributed by atoms with Crippen LogP contribution in [0, 0.1) is 5.92 Å². The zero-order chi connectivity index (χ0) is 13.7. The quantitative estimate of drug-likeness (QED) is 0.425. The van der Waals surface area contributed by atoms with E-state index < -0.39 is 0 Å².